The van der Waals surface area contributed by atoms with Gasteiger partial charge >= 0.3 is 0 Å². The van der Waals surface area contributed by atoms with Crippen molar-refractivity contribution in [3.63, 3.8) is 0 Å². The normalized spacial score (nSPS) is 10.8. The van der Waals surface area contributed by atoms with Crippen LogP contribution < -0.4 is 10.6 Å². The molecule has 2 aromatic heterocycles. The van der Waals surface area contributed by atoms with Crippen LogP contribution in [0.3, 0.4) is 0 Å². The molecule has 0 amide bonds. The highest BCUT2D eigenvalue weighted by Gasteiger charge is 2.05. The van der Waals surface area contributed by atoms with Crippen LogP contribution in [0.5, 0.6) is 0 Å². The number of halogens is 1. The monoisotopic (exact) mass is 381 g/mol. The van der Waals surface area contributed by atoms with Crippen molar-refractivity contribution < 1.29 is 0 Å². The van der Waals surface area contributed by atoms with E-state index < -0.39 is 0 Å². The second-order valence-corrected chi connectivity index (χ2v) is 7.16. The topological polar surface area (TPSA) is 62.7 Å². The van der Waals surface area contributed by atoms with E-state index in [4.69, 9.17) is 11.6 Å². The van der Waals surface area contributed by atoms with Gasteiger partial charge in [-0.2, -0.15) is 0 Å². The number of hydrogen-bond acceptors (Lipinski definition) is 6. The number of fused-ring (bicyclic) bond motifs is 1. The quantitative estimate of drug-likeness (QED) is 0.494. The highest BCUT2D eigenvalue weighted by molar-refractivity contribution is 7.22. The van der Waals surface area contributed by atoms with E-state index in [1.807, 2.05) is 24.3 Å². The summed E-state index contributed by atoms with van der Waals surface area (Å²) in [4.78, 5) is 12.8. The average molecular weight is 382 g/mol. The van der Waals surface area contributed by atoms with E-state index in [0.29, 0.717) is 17.5 Å². The lowest BCUT2D eigenvalue weighted by Crippen LogP contribution is -2.01. The molecule has 4 rings (SSSR count). The summed E-state index contributed by atoms with van der Waals surface area (Å²) in [6.45, 7) is 1.41. The fourth-order valence-corrected chi connectivity index (χ4v) is 3.62. The van der Waals surface area contributed by atoms with Crippen LogP contribution >= 0.6 is 22.9 Å². The molecule has 2 aromatic carbocycles. The van der Waals surface area contributed by atoms with E-state index in [1.54, 1.807) is 17.5 Å². The Balaban J connectivity index is 1.43. The number of rotatable bonds is 6. The van der Waals surface area contributed by atoms with E-state index in [0.717, 1.165) is 27.5 Å². The zero-order valence-electron chi connectivity index (χ0n) is 13.8. The third-order valence-electron chi connectivity index (χ3n) is 3.82. The van der Waals surface area contributed by atoms with Gasteiger partial charge in [0, 0.05) is 13.1 Å². The van der Waals surface area contributed by atoms with Crippen LogP contribution in [-0.2, 0) is 13.1 Å². The van der Waals surface area contributed by atoms with Gasteiger partial charge in [0.1, 0.15) is 11.0 Å². The van der Waals surface area contributed by atoms with Gasteiger partial charge in [-0.25, -0.2) is 9.97 Å². The van der Waals surface area contributed by atoms with Crippen molar-refractivity contribution >= 4 is 44.1 Å². The molecule has 0 aliphatic heterocycles. The fraction of sp³-hybridized carbons (Fsp3) is 0.105. The largest absolute Gasteiger partial charge is 0.365 e. The number of nitrogens with one attached hydrogen (secondary N) is 2. The first kappa shape index (κ1) is 16.8. The first-order chi connectivity index (χ1) is 12.8. The van der Waals surface area contributed by atoms with Crippen molar-refractivity contribution in [2.75, 3.05) is 10.6 Å². The molecule has 26 heavy (non-hydrogen) atoms. The number of aromatic nitrogens is 3. The predicted octanol–water partition coefficient (Wildman–Crippen LogP) is 4.96. The molecule has 2 N–H and O–H groups in total. The van der Waals surface area contributed by atoms with Crippen molar-refractivity contribution in [1.29, 1.82) is 0 Å². The van der Waals surface area contributed by atoms with Crippen molar-refractivity contribution in [2.24, 2.45) is 0 Å². The molecule has 0 aliphatic rings. The Morgan fingerprint density at radius 2 is 1.73 bits per heavy atom. The van der Waals surface area contributed by atoms with Crippen LogP contribution in [0.25, 0.3) is 10.2 Å². The van der Waals surface area contributed by atoms with Crippen LogP contribution in [0.2, 0.25) is 5.15 Å². The van der Waals surface area contributed by atoms with Crippen molar-refractivity contribution in [2.45, 2.75) is 13.1 Å². The summed E-state index contributed by atoms with van der Waals surface area (Å²) in [5.41, 5.74) is 3.38. The maximum atomic E-state index is 5.85. The van der Waals surface area contributed by atoms with Gasteiger partial charge in [-0.05, 0) is 23.3 Å². The fourth-order valence-electron chi connectivity index (χ4n) is 2.55. The van der Waals surface area contributed by atoms with Gasteiger partial charge in [0.25, 0.3) is 0 Å². The Bertz CT molecular complexity index is 1020. The van der Waals surface area contributed by atoms with Gasteiger partial charge in [0.2, 0.25) is 0 Å². The molecule has 0 bridgehead atoms. The molecule has 0 saturated carbocycles. The molecule has 2 heterocycles. The maximum absolute atomic E-state index is 5.85. The highest BCUT2D eigenvalue weighted by Crippen LogP contribution is 2.27. The molecular weight excluding hydrogens is 366 g/mol. The molecule has 0 atom stereocenters. The molecule has 0 unspecified atom stereocenters. The highest BCUT2D eigenvalue weighted by atomic mass is 35.5. The number of benzene rings is 2. The Morgan fingerprint density at radius 1 is 0.885 bits per heavy atom. The van der Waals surface area contributed by atoms with Crippen LogP contribution in [-0.4, -0.2) is 15.0 Å². The standard InChI is InChI=1S/C19H16ClN5S/c20-17-11-21-12-18(25-17)22-10-14-6-7-15-16(8-14)26-19(24-15)23-9-13-4-2-1-3-5-13/h1-8,11-12H,9-10H2,(H,22,25)(H,23,24). The van der Waals surface area contributed by atoms with E-state index in [2.05, 4.69) is 49.9 Å². The van der Waals surface area contributed by atoms with Crippen molar-refractivity contribution in [3.05, 3.63) is 77.2 Å². The van der Waals surface area contributed by atoms with Crippen LogP contribution in [0.15, 0.2) is 60.9 Å². The second kappa shape index (κ2) is 7.68. The SMILES string of the molecule is Clc1cncc(NCc2ccc3nc(NCc4ccccc4)sc3c2)n1. The first-order valence-electron chi connectivity index (χ1n) is 8.15. The molecule has 0 spiro atoms. The zero-order chi connectivity index (χ0) is 17.8. The summed E-state index contributed by atoms with van der Waals surface area (Å²) in [7, 11) is 0. The lowest BCUT2D eigenvalue weighted by atomic mass is 10.2. The minimum absolute atomic E-state index is 0.377. The van der Waals surface area contributed by atoms with E-state index in [9.17, 15) is 0 Å². The molecule has 130 valence electrons. The van der Waals surface area contributed by atoms with Crippen molar-refractivity contribution in [1.82, 2.24) is 15.0 Å². The van der Waals surface area contributed by atoms with E-state index in [-0.39, 0.29) is 0 Å². The Morgan fingerprint density at radius 3 is 2.58 bits per heavy atom. The lowest BCUT2D eigenvalue weighted by molar-refractivity contribution is 1.09. The summed E-state index contributed by atoms with van der Waals surface area (Å²) in [5.74, 6) is 0.659. The average Bonchev–Trinajstić information content (AvgIpc) is 3.08. The van der Waals surface area contributed by atoms with Gasteiger partial charge in [-0.15, -0.1) is 0 Å². The summed E-state index contributed by atoms with van der Waals surface area (Å²) in [5, 5.41) is 7.93. The van der Waals surface area contributed by atoms with Gasteiger partial charge in [-0.1, -0.05) is 59.3 Å². The second-order valence-electron chi connectivity index (χ2n) is 5.74. The predicted molar refractivity (Wildman–Crippen MR) is 108 cm³/mol. The lowest BCUT2D eigenvalue weighted by Gasteiger charge is -2.05. The Kier molecular flexibility index (Phi) is 4.95. The summed E-state index contributed by atoms with van der Waals surface area (Å²) >= 11 is 7.51. The molecule has 7 heteroatoms. The number of nitrogens with zero attached hydrogens (tertiary/aromatic N) is 3. The number of thiazole rings is 1. The summed E-state index contributed by atoms with van der Waals surface area (Å²) in [6.07, 6.45) is 3.17. The smallest absolute Gasteiger partial charge is 0.184 e. The molecule has 0 fully saturated rings. The third kappa shape index (κ3) is 4.09. The molecular formula is C19H16ClN5S. The van der Waals surface area contributed by atoms with Crippen molar-refractivity contribution in [3.8, 4) is 0 Å². The molecule has 4 aromatic rings. The summed E-state index contributed by atoms with van der Waals surface area (Å²) < 4.78 is 1.15. The summed E-state index contributed by atoms with van der Waals surface area (Å²) in [6, 6.07) is 16.6. The van der Waals surface area contributed by atoms with Gasteiger partial charge < -0.3 is 10.6 Å². The Hall–Kier alpha value is -2.70. The van der Waals surface area contributed by atoms with Crippen LogP contribution in [0.4, 0.5) is 10.9 Å². The van der Waals surface area contributed by atoms with Gasteiger partial charge in [0.05, 0.1) is 22.6 Å². The van der Waals surface area contributed by atoms with Gasteiger partial charge in [-0.3, -0.25) is 4.98 Å². The molecule has 0 saturated heterocycles. The van der Waals surface area contributed by atoms with E-state index in [1.165, 1.54) is 11.8 Å². The minimum atomic E-state index is 0.377. The zero-order valence-corrected chi connectivity index (χ0v) is 15.4. The number of anilines is 2. The molecule has 5 nitrogen and oxygen atoms in total. The van der Waals surface area contributed by atoms with Crippen LogP contribution in [0.1, 0.15) is 11.1 Å². The maximum Gasteiger partial charge on any atom is 0.184 e. The van der Waals surface area contributed by atoms with E-state index >= 15 is 0 Å². The van der Waals surface area contributed by atoms with Crippen LogP contribution in [0, 0.1) is 0 Å². The first-order valence-corrected chi connectivity index (χ1v) is 9.34. The van der Waals surface area contributed by atoms with Gasteiger partial charge in [0.15, 0.2) is 5.13 Å². The molecule has 0 aliphatic carbocycles. The molecule has 0 radical (unpaired) electrons. The third-order valence-corrected chi connectivity index (χ3v) is 4.98. The Labute approximate surface area is 160 Å². The number of hydrogen-bond donors (Lipinski definition) is 2. The minimum Gasteiger partial charge on any atom is -0.365 e.